The number of aryl methyl sites for hydroxylation is 1. The topological polar surface area (TPSA) is 49.4 Å². The van der Waals surface area contributed by atoms with Crippen molar-refractivity contribution in [2.24, 2.45) is 0 Å². The maximum absolute atomic E-state index is 13.9. The van der Waals surface area contributed by atoms with Gasteiger partial charge in [0.25, 0.3) is 0 Å². The van der Waals surface area contributed by atoms with Gasteiger partial charge in [-0.05, 0) is 44.5 Å². The number of likely N-dealkylation sites (N-methyl/N-ethyl adjacent to an activating group) is 1. The van der Waals surface area contributed by atoms with Gasteiger partial charge in [-0.1, -0.05) is 0 Å². The van der Waals surface area contributed by atoms with E-state index in [-0.39, 0.29) is 30.6 Å². The molecule has 0 radical (unpaired) electrons. The normalized spacial score (nSPS) is 20.1. The van der Waals surface area contributed by atoms with Crippen LogP contribution in [0.5, 0.6) is 0 Å². The average molecular weight is 341 g/mol. The molecule has 120 valence electrons. The van der Waals surface area contributed by atoms with Crippen molar-refractivity contribution in [2.45, 2.75) is 30.7 Å². The number of piperidine rings is 1. The molecule has 1 unspecified atom stereocenters. The summed E-state index contributed by atoms with van der Waals surface area (Å²) < 4.78 is 53.5. The molecule has 0 bridgehead atoms. The number of halogens is 3. The van der Waals surface area contributed by atoms with Crippen LogP contribution >= 0.6 is 12.4 Å². The van der Waals surface area contributed by atoms with E-state index in [0.29, 0.717) is 13.0 Å². The van der Waals surface area contributed by atoms with Gasteiger partial charge in [-0.15, -0.1) is 12.4 Å². The summed E-state index contributed by atoms with van der Waals surface area (Å²) in [6.07, 6.45) is 1.56. The lowest BCUT2D eigenvalue weighted by Gasteiger charge is -2.31. The van der Waals surface area contributed by atoms with Gasteiger partial charge >= 0.3 is 0 Å². The predicted octanol–water partition coefficient (Wildman–Crippen LogP) is 2.07. The Morgan fingerprint density at radius 3 is 2.57 bits per heavy atom. The van der Waals surface area contributed by atoms with Gasteiger partial charge in [0.1, 0.15) is 16.5 Å². The van der Waals surface area contributed by atoms with Gasteiger partial charge in [-0.25, -0.2) is 17.2 Å². The second kappa shape index (κ2) is 7.00. The lowest BCUT2D eigenvalue weighted by Crippen LogP contribution is -2.47. The lowest BCUT2D eigenvalue weighted by atomic mass is 10.1. The van der Waals surface area contributed by atoms with E-state index in [1.807, 2.05) is 0 Å². The molecule has 1 heterocycles. The zero-order valence-corrected chi connectivity index (χ0v) is 13.5. The largest absolute Gasteiger partial charge is 0.316 e. The third-order valence-electron chi connectivity index (χ3n) is 3.62. The predicted molar refractivity (Wildman–Crippen MR) is 79.2 cm³/mol. The minimum absolute atomic E-state index is 0. The molecule has 1 aromatic carbocycles. The molecule has 1 aromatic rings. The molecule has 8 heteroatoms. The average Bonchev–Trinajstić information content (AvgIpc) is 2.42. The molecule has 21 heavy (non-hydrogen) atoms. The third-order valence-corrected chi connectivity index (χ3v) is 5.50. The minimum atomic E-state index is -4.00. The van der Waals surface area contributed by atoms with Crippen LogP contribution in [0.2, 0.25) is 0 Å². The first-order valence-electron chi connectivity index (χ1n) is 6.49. The number of nitrogens with one attached hydrogen (secondary N) is 1. The lowest BCUT2D eigenvalue weighted by molar-refractivity contribution is 0.292. The number of benzene rings is 1. The van der Waals surface area contributed by atoms with Crippen molar-refractivity contribution < 1.29 is 17.2 Å². The number of sulfonamides is 1. The molecule has 1 N–H and O–H groups in total. The number of rotatable bonds is 3. The quantitative estimate of drug-likeness (QED) is 0.916. The molecular weight excluding hydrogens is 322 g/mol. The van der Waals surface area contributed by atoms with E-state index in [2.05, 4.69) is 5.32 Å². The van der Waals surface area contributed by atoms with Gasteiger partial charge in [-0.3, -0.25) is 0 Å². The van der Waals surface area contributed by atoms with Crippen LogP contribution < -0.4 is 5.32 Å². The van der Waals surface area contributed by atoms with Crippen molar-refractivity contribution in [3.8, 4) is 0 Å². The summed E-state index contributed by atoms with van der Waals surface area (Å²) in [5, 5.41) is 3.02. The van der Waals surface area contributed by atoms with Crippen molar-refractivity contribution >= 4 is 22.4 Å². The monoisotopic (exact) mass is 340 g/mol. The van der Waals surface area contributed by atoms with Crippen LogP contribution in [-0.2, 0) is 10.0 Å². The van der Waals surface area contributed by atoms with Crippen LogP contribution in [0.15, 0.2) is 17.0 Å². The molecular formula is C13H19ClF2N2O2S. The number of nitrogens with zero attached hydrogens (tertiary/aromatic N) is 1. The van der Waals surface area contributed by atoms with Gasteiger partial charge in [-0.2, -0.15) is 4.31 Å². The molecule has 0 spiro atoms. The molecule has 1 atom stereocenters. The van der Waals surface area contributed by atoms with E-state index in [1.165, 1.54) is 11.2 Å². The minimum Gasteiger partial charge on any atom is -0.316 e. The van der Waals surface area contributed by atoms with E-state index in [0.717, 1.165) is 18.6 Å². The van der Waals surface area contributed by atoms with Crippen LogP contribution in [0.1, 0.15) is 18.4 Å². The van der Waals surface area contributed by atoms with Crippen LogP contribution in [0.4, 0.5) is 8.78 Å². The molecule has 1 fully saturated rings. The second-order valence-electron chi connectivity index (χ2n) is 5.02. The summed E-state index contributed by atoms with van der Waals surface area (Å²) in [6.45, 7) is 2.00. The zero-order valence-electron chi connectivity index (χ0n) is 11.9. The van der Waals surface area contributed by atoms with Gasteiger partial charge in [0.05, 0.1) is 0 Å². The summed E-state index contributed by atoms with van der Waals surface area (Å²) in [7, 11) is -2.24. The Balaban J connectivity index is 0.00000220. The summed E-state index contributed by atoms with van der Waals surface area (Å²) in [4.78, 5) is -0.586. The highest BCUT2D eigenvalue weighted by Crippen LogP contribution is 2.25. The highest BCUT2D eigenvalue weighted by atomic mass is 35.5. The van der Waals surface area contributed by atoms with Crippen LogP contribution in [0, 0.1) is 18.6 Å². The summed E-state index contributed by atoms with van der Waals surface area (Å²) in [5.41, 5.74) is 0.0909. The molecule has 4 nitrogen and oxygen atoms in total. The Hall–Kier alpha value is -0.760. The molecule has 2 rings (SSSR count). The molecule has 0 saturated carbocycles. The fourth-order valence-corrected chi connectivity index (χ4v) is 3.94. The Bertz CT molecular complexity index is 610. The Labute approximate surface area is 130 Å². The molecule has 0 aromatic heterocycles. The van der Waals surface area contributed by atoms with E-state index < -0.39 is 26.6 Å². The first-order chi connectivity index (χ1) is 9.36. The van der Waals surface area contributed by atoms with Crippen molar-refractivity contribution in [2.75, 3.05) is 20.1 Å². The molecule has 1 aliphatic heterocycles. The maximum Gasteiger partial charge on any atom is 0.246 e. The van der Waals surface area contributed by atoms with Crippen molar-refractivity contribution in [3.63, 3.8) is 0 Å². The van der Waals surface area contributed by atoms with Crippen molar-refractivity contribution in [1.82, 2.24) is 9.62 Å². The third kappa shape index (κ3) is 3.71. The second-order valence-corrected chi connectivity index (χ2v) is 6.93. The van der Waals surface area contributed by atoms with Crippen molar-refractivity contribution in [3.05, 3.63) is 29.3 Å². The highest BCUT2D eigenvalue weighted by Gasteiger charge is 2.32. The Morgan fingerprint density at radius 1 is 1.29 bits per heavy atom. The van der Waals surface area contributed by atoms with Crippen LogP contribution in [0.25, 0.3) is 0 Å². The fourth-order valence-electron chi connectivity index (χ4n) is 2.36. The van der Waals surface area contributed by atoms with E-state index in [9.17, 15) is 17.2 Å². The molecule has 0 aliphatic carbocycles. The van der Waals surface area contributed by atoms with Crippen molar-refractivity contribution in [1.29, 1.82) is 0 Å². The van der Waals surface area contributed by atoms with Gasteiger partial charge < -0.3 is 5.32 Å². The van der Waals surface area contributed by atoms with Gasteiger partial charge in [0.15, 0.2) is 0 Å². The van der Waals surface area contributed by atoms with E-state index >= 15 is 0 Å². The number of hydrogen-bond donors (Lipinski definition) is 1. The van der Waals surface area contributed by atoms with Gasteiger partial charge in [0.2, 0.25) is 10.0 Å². The van der Waals surface area contributed by atoms with Crippen LogP contribution in [0.3, 0.4) is 0 Å². The highest BCUT2D eigenvalue weighted by molar-refractivity contribution is 7.89. The Kier molecular flexibility index (Phi) is 6.10. The molecule has 1 aliphatic rings. The first-order valence-corrected chi connectivity index (χ1v) is 7.93. The van der Waals surface area contributed by atoms with Crippen LogP contribution in [-0.4, -0.2) is 38.9 Å². The zero-order chi connectivity index (χ0) is 14.9. The number of hydrogen-bond acceptors (Lipinski definition) is 3. The van der Waals surface area contributed by atoms with Gasteiger partial charge in [0, 0.05) is 19.1 Å². The molecule has 0 amide bonds. The SMILES string of the molecule is CNC1CCCN(S(=O)(=O)c2cc(F)c(C)cc2F)C1.Cl. The van der Waals surface area contributed by atoms with E-state index in [4.69, 9.17) is 0 Å². The maximum atomic E-state index is 13.9. The summed E-state index contributed by atoms with van der Waals surface area (Å²) >= 11 is 0. The summed E-state index contributed by atoms with van der Waals surface area (Å²) in [5.74, 6) is -1.62. The standard InChI is InChI=1S/C13H18F2N2O2S.ClH/c1-9-6-12(15)13(7-11(9)14)20(18,19)17-5-3-4-10(8-17)16-2;/h6-7,10,16H,3-5,8H2,1-2H3;1H. The molecule has 1 saturated heterocycles. The Morgan fingerprint density at radius 2 is 1.95 bits per heavy atom. The summed E-state index contributed by atoms with van der Waals surface area (Å²) in [6, 6.07) is 1.72. The first kappa shape index (κ1) is 18.3. The van der Waals surface area contributed by atoms with E-state index in [1.54, 1.807) is 7.05 Å². The smallest absolute Gasteiger partial charge is 0.246 e. The fraction of sp³-hybridized carbons (Fsp3) is 0.538.